The van der Waals surface area contributed by atoms with Gasteiger partial charge in [-0.15, -0.1) is 0 Å². The largest absolute Gasteiger partial charge is 0.507 e. The summed E-state index contributed by atoms with van der Waals surface area (Å²) in [5, 5.41) is 11.3. The molecule has 39 heavy (non-hydrogen) atoms. The molecule has 6 nitrogen and oxygen atoms in total. The molecule has 0 fully saturated rings. The highest BCUT2D eigenvalue weighted by atomic mass is 16.5. The topological polar surface area (TPSA) is 74.2 Å². The molecule has 0 saturated heterocycles. The normalized spacial score (nSPS) is 16.9. The predicted molar refractivity (Wildman–Crippen MR) is 151 cm³/mol. The lowest BCUT2D eigenvalue weighted by molar-refractivity contribution is 0.0643. The monoisotopic (exact) mass is 528 g/mol. The fourth-order valence-electron chi connectivity index (χ4n) is 5.13. The lowest BCUT2D eigenvalue weighted by Crippen LogP contribution is -2.37. The Labute approximate surface area is 230 Å². The first-order chi connectivity index (χ1) is 18.6. The number of ketones is 1. The summed E-state index contributed by atoms with van der Waals surface area (Å²) in [5.41, 5.74) is 2.76. The zero-order chi connectivity index (χ0) is 27.8. The Balaban J connectivity index is 1.47. The minimum absolute atomic E-state index is 0.0479. The quantitative estimate of drug-likeness (QED) is 0.261. The maximum absolute atomic E-state index is 13.6. The number of hydrogen-bond donors (Lipinski definition) is 1. The Morgan fingerprint density at radius 2 is 1.59 bits per heavy atom. The third-order valence-corrected chi connectivity index (χ3v) is 7.38. The molecule has 0 unspecified atom stereocenters. The molecular formula is C33H36O6. The average molecular weight is 529 g/mol. The smallest absolute Gasteiger partial charge is 0.193 e. The molecule has 3 aromatic rings. The number of carbonyl (C=O) groups excluding carboxylic acids is 1. The molecule has 0 saturated carbocycles. The first kappa shape index (κ1) is 26.7. The average Bonchev–Trinajstić information content (AvgIpc) is 2.90. The summed E-state index contributed by atoms with van der Waals surface area (Å²) in [6.07, 6.45) is 6.09. The zero-order valence-electron chi connectivity index (χ0n) is 23.3. The summed E-state index contributed by atoms with van der Waals surface area (Å²) in [6.45, 7) is 8.47. The van der Waals surface area contributed by atoms with Crippen molar-refractivity contribution >= 4 is 11.9 Å². The van der Waals surface area contributed by atoms with E-state index in [0.717, 1.165) is 29.5 Å². The molecule has 3 aromatic carbocycles. The van der Waals surface area contributed by atoms with Gasteiger partial charge in [0.15, 0.2) is 17.3 Å². The van der Waals surface area contributed by atoms with Gasteiger partial charge in [0.2, 0.25) is 0 Å². The first-order valence-corrected chi connectivity index (χ1v) is 13.4. The van der Waals surface area contributed by atoms with E-state index in [1.807, 2.05) is 76.2 Å². The Bertz CT molecular complexity index is 1420. The van der Waals surface area contributed by atoms with E-state index in [-0.39, 0.29) is 22.7 Å². The van der Waals surface area contributed by atoms with Crippen molar-refractivity contribution in [1.29, 1.82) is 0 Å². The lowest BCUT2D eigenvalue weighted by Gasteiger charge is -2.39. The van der Waals surface area contributed by atoms with E-state index in [1.165, 1.54) is 6.08 Å². The molecule has 0 bridgehead atoms. The van der Waals surface area contributed by atoms with Crippen LogP contribution in [-0.2, 0) is 19.4 Å². The Morgan fingerprint density at radius 3 is 2.28 bits per heavy atom. The van der Waals surface area contributed by atoms with Gasteiger partial charge in [0.25, 0.3) is 0 Å². The van der Waals surface area contributed by atoms with Crippen molar-refractivity contribution in [2.45, 2.75) is 71.2 Å². The third-order valence-electron chi connectivity index (χ3n) is 7.38. The number of phenols is 1. The molecule has 0 aliphatic carbocycles. The summed E-state index contributed by atoms with van der Waals surface area (Å²) >= 11 is 0. The van der Waals surface area contributed by atoms with Gasteiger partial charge in [-0.05, 0) is 82.7 Å². The molecule has 0 spiro atoms. The highest BCUT2D eigenvalue weighted by molar-refractivity contribution is 6.11. The van der Waals surface area contributed by atoms with E-state index in [9.17, 15) is 9.90 Å². The number of phenolic OH excluding ortho intramolecular Hbond substituents is 1. The number of methoxy groups -OCH3 is 1. The summed E-state index contributed by atoms with van der Waals surface area (Å²) in [6, 6.07) is 15.4. The van der Waals surface area contributed by atoms with Crippen LogP contribution in [-0.4, -0.2) is 29.2 Å². The number of aromatic hydroxyl groups is 1. The molecule has 0 amide bonds. The predicted octanol–water partition coefficient (Wildman–Crippen LogP) is 7.08. The van der Waals surface area contributed by atoms with Gasteiger partial charge in [0.05, 0.1) is 7.11 Å². The number of fused-ring (bicyclic) bond motifs is 3. The van der Waals surface area contributed by atoms with Crippen molar-refractivity contribution < 1.29 is 28.8 Å². The SMILES string of the molecule is COc1ccc(/C=C/C(=O)c2c(O)c3c(c4c2OC(C)(C)CC4)OC(C)(C)CC3)cc1OCc1ccccc1. The summed E-state index contributed by atoms with van der Waals surface area (Å²) in [7, 11) is 1.60. The lowest BCUT2D eigenvalue weighted by atomic mass is 9.84. The van der Waals surface area contributed by atoms with Crippen LogP contribution in [0.1, 0.15) is 73.1 Å². The van der Waals surface area contributed by atoms with Crippen LogP contribution in [0.25, 0.3) is 6.08 Å². The molecule has 5 rings (SSSR count). The molecule has 0 atom stereocenters. The fourth-order valence-corrected chi connectivity index (χ4v) is 5.13. The molecule has 2 heterocycles. The highest BCUT2D eigenvalue weighted by Gasteiger charge is 2.39. The van der Waals surface area contributed by atoms with Crippen LogP contribution in [0, 0.1) is 0 Å². The fraction of sp³-hybridized carbons (Fsp3) is 0.364. The van der Waals surface area contributed by atoms with Gasteiger partial charge >= 0.3 is 0 Å². The van der Waals surface area contributed by atoms with Crippen LogP contribution in [0.15, 0.2) is 54.6 Å². The van der Waals surface area contributed by atoms with Gasteiger partial charge < -0.3 is 24.1 Å². The maximum Gasteiger partial charge on any atom is 0.193 e. The van der Waals surface area contributed by atoms with Crippen LogP contribution in [0.2, 0.25) is 0 Å². The summed E-state index contributed by atoms with van der Waals surface area (Å²) in [4.78, 5) is 13.6. The second kappa shape index (κ2) is 10.3. The Kier molecular flexibility index (Phi) is 7.06. The molecule has 1 N–H and O–H groups in total. The van der Waals surface area contributed by atoms with E-state index in [4.69, 9.17) is 18.9 Å². The molecule has 2 aliphatic heterocycles. The van der Waals surface area contributed by atoms with E-state index < -0.39 is 5.60 Å². The number of carbonyl (C=O) groups is 1. The highest BCUT2D eigenvalue weighted by Crippen LogP contribution is 2.51. The van der Waals surface area contributed by atoms with Gasteiger partial charge in [-0.3, -0.25) is 4.79 Å². The van der Waals surface area contributed by atoms with E-state index in [1.54, 1.807) is 13.2 Å². The van der Waals surface area contributed by atoms with E-state index in [2.05, 4.69) is 0 Å². The number of hydrogen-bond acceptors (Lipinski definition) is 6. The second-order valence-electron chi connectivity index (χ2n) is 11.4. The van der Waals surface area contributed by atoms with Gasteiger partial charge in [-0.25, -0.2) is 0 Å². The number of ether oxygens (including phenoxy) is 4. The summed E-state index contributed by atoms with van der Waals surface area (Å²) < 4.78 is 24.2. The molecular weight excluding hydrogens is 492 g/mol. The van der Waals surface area contributed by atoms with Crippen molar-refractivity contribution in [2.24, 2.45) is 0 Å². The van der Waals surface area contributed by atoms with Crippen LogP contribution in [0.4, 0.5) is 0 Å². The second-order valence-corrected chi connectivity index (χ2v) is 11.4. The van der Waals surface area contributed by atoms with Crippen molar-refractivity contribution in [3.8, 4) is 28.7 Å². The Morgan fingerprint density at radius 1 is 0.923 bits per heavy atom. The van der Waals surface area contributed by atoms with Gasteiger partial charge in [0, 0.05) is 11.1 Å². The third kappa shape index (κ3) is 5.60. The first-order valence-electron chi connectivity index (χ1n) is 13.4. The molecule has 0 aromatic heterocycles. The Hall–Kier alpha value is -3.93. The van der Waals surface area contributed by atoms with Crippen molar-refractivity contribution in [1.82, 2.24) is 0 Å². The van der Waals surface area contributed by atoms with Crippen molar-refractivity contribution in [3.63, 3.8) is 0 Å². The van der Waals surface area contributed by atoms with Crippen LogP contribution in [0.5, 0.6) is 28.7 Å². The van der Waals surface area contributed by atoms with E-state index >= 15 is 0 Å². The van der Waals surface area contributed by atoms with Crippen LogP contribution >= 0.6 is 0 Å². The minimum atomic E-state index is -0.461. The van der Waals surface area contributed by atoms with Crippen LogP contribution < -0.4 is 18.9 Å². The zero-order valence-corrected chi connectivity index (χ0v) is 23.3. The number of allylic oxidation sites excluding steroid dienone is 1. The minimum Gasteiger partial charge on any atom is -0.507 e. The molecule has 0 radical (unpaired) electrons. The molecule has 6 heteroatoms. The molecule has 2 aliphatic rings. The van der Waals surface area contributed by atoms with Crippen molar-refractivity contribution in [2.75, 3.05) is 7.11 Å². The van der Waals surface area contributed by atoms with Crippen LogP contribution in [0.3, 0.4) is 0 Å². The van der Waals surface area contributed by atoms with Gasteiger partial charge in [-0.1, -0.05) is 42.5 Å². The van der Waals surface area contributed by atoms with E-state index in [0.29, 0.717) is 48.0 Å². The molecule has 204 valence electrons. The van der Waals surface area contributed by atoms with Gasteiger partial charge in [0.1, 0.15) is 40.6 Å². The maximum atomic E-state index is 13.6. The standard InChI is InChI=1S/C33H36O6/c1-32(2)17-15-23-29(35)28(31-24(30(23)38-32)16-18-33(3,4)39-31)25(34)13-11-21-12-14-26(36-5)27(19-21)37-20-22-9-7-6-8-10-22/h6-14,19,35H,15-18,20H2,1-5H3/b13-11+. The number of rotatable bonds is 7. The van der Waals surface area contributed by atoms with Crippen molar-refractivity contribution in [3.05, 3.63) is 82.4 Å². The van der Waals surface area contributed by atoms with Gasteiger partial charge in [-0.2, -0.15) is 0 Å². The summed E-state index contributed by atoms with van der Waals surface area (Å²) in [5.74, 6) is 1.91. The number of benzene rings is 3.